The number of hydrogen-bond acceptors (Lipinski definition) is 5. The Morgan fingerprint density at radius 2 is 2.04 bits per heavy atom. The van der Waals surface area contributed by atoms with E-state index in [0.29, 0.717) is 16.8 Å². The summed E-state index contributed by atoms with van der Waals surface area (Å²) in [5.74, 6) is 1.39. The Balaban J connectivity index is 1.69. The van der Waals surface area contributed by atoms with E-state index in [9.17, 15) is 0 Å². The molecule has 0 saturated carbocycles. The largest absolute Gasteiger partial charge is 0.339 e. The lowest BCUT2D eigenvalue weighted by molar-refractivity contribution is 0.986. The molecule has 0 aliphatic carbocycles. The maximum atomic E-state index is 5.92. The highest BCUT2D eigenvalue weighted by atomic mass is 35.5. The first kappa shape index (κ1) is 14.6. The van der Waals surface area contributed by atoms with E-state index in [-0.39, 0.29) is 0 Å². The summed E-state index contributed by atoms with van der Waals surface area (Å²) in [7, 11) is 0. The molecule has 3 aromatic heterocycles. The Morgan fingerprint density at radius 3 is 2.83 bits per heavy atom. The van der Waals surface area contributed by atoms with Gasteiger partial charge in [-0.05, 0) is 49.4 Å². The van der Waals surface area contributed by atoms with Gasteiger partial charge in [0.2, 0.25) is 0 Å². The fraction of sp³-hybridized carbons (Fsp3) is 0.0588. The smallest absolute Gasteiger partial charge is 0.153 e. The molecular formula is C17H12ClN6. The Labute approximate surface area is 143 Å². The molecule has 0 saturated heterocycles. The van der Waals surface area contributed by atoms with Crippen molar-refractivity contribution in [3.63, 3.8) is 0 Å². The van der Waals surface area contributed by atoms with Crippen LogP contribution in [0.3, 0.4) is 0 Å². The monoisotopic (exact) mass is 335 g/mol. The van der Waals surface area contributed by atoms with E-state index >= 15 is 0 Å². The third-order valence-corrected chi connectivity index (χ3v) is 3.71. The molecule has 0 bridgehead atoms. The molecule has 0 atom stereocenters. The summed E-state index contributed by atoms with van der Waals surface area (Å²) in [6, 6.07) is 16.1. The van der Waals surface area contributed by atoms with Gasteiger partial charge in [-0.1, -0.05) is 11.6 Å². The van der Waals surface area contributed by atoms with Crippen molar-refractivity contribution in [2.45, 2.75) is 6.92 Å². The lowest BCUT2D eigenvalue weighted by Crippen LogP contribution is -1.97. The van der Waals surface area contributed by atoms with Crippen LogP contribution in [0.15, 0.2) is 48.8 Å². The molecule has 6 nitrogen and oxygen atoms in total. The maximum Gasteiger partial charge on any atom is 0.153 e. The molecule has 0 unspecified atom stereocenters. The highest BCUT2D eigenvalue weighted by Gasteiger charge is 2.07. The quantitative estimate of drug-likeness (QED) is 0.578. The van der Waals surface area contributed by atoms with Crippen molar-refractivity contribution in [3.8, 4) is 5.82 Å². The number of pyridine rings is 1. The summed E-state index contributed by atoms with van der Waals surface area (Å²) < 4.78 is 1.88. The zero-order valence-corrected chi connectivity index (χ0v) is 13.5. The Bertz CT molecular complexity index is 1010. The lowest BCUT2D eigenvalue weighted by atomic mass is 10.2. The van der Waals surface area contributed by atoms with Gasteiger partial charge in [0.05, 0.1) is 16.7 Å². The summed E-state index contributed by atoms with van der Waals surface area (Å²) in [5.41, 5.74) is 3.54. The van der Waals surface area contributed by atoms with Crippen LogP contribution in [0, 0.1) is 13.0 Å². The fourth-order valence-corrected chi connectivity index (χ4v) is 2.53. The first-order valence-corrected chi connectivity index (χ1v) is 7.66. The summed E-state index contributed by atoms with van der Waals surface area (Å²) in [6.45, 7) is 1.90. The van der Waals surface area contributed by atoms with Crippen LogP contribution in [0.2, 0.25) is 5.15 Å². The molecule has 0 aliphatic rings. The van der Waals surface area contributed by atoms with E-state index in [1.54, 1.807) is 12.4 Å². The number of nitrogens with one attached hydrogen (secondary N) is 1. The predicted molar refractivity (Wildman–Crippen MR) is 92.8 cm³/mol. The van der Waals surface area contributed by atoms with Gasteiger partial charge in [0, 0.05) is 11.8 Å². The molecule has 0 amide bonds. The number of fused-ring (bicyclic) bond motifs is 1. The van der Waals surface area contributed by atoms with E-state index in [4.69, 9.17) is 11.6 Å². The standard InChI is InChI=1S/C17H12ClN6/c1-11-5-8-16(23-22-11)20-12-6-7-14-13(9-12)19-10-24(14)17-4-2-3-15(18)21-17/h2,4-10H,1H3,(H,20,23). The molecule has 1 aromatic carbocycles. The van der Waals surface area contributed by atoms with Crippen LogP contribution in [0.1, 0.15) is 5.69 Å². The average molecular weight is 336 g/mol. The molecule has 1 radical (unpaired) electrons. The minimum Gasteiger partial charge on any atom is -0.339 e. The van der Waals surface area contributed by atoms with Gasteiger partial charge in [-0.2, -0.15) is 5.10 Å². The first-order valence-electron chi connectivity index (χ1n) is 7.28. The Morgan fingerprint density at radius 1 is 1.12 bits per heavy atom. The lowest BCUT2D eigenvalue weighted by Gasteiger charge is -2.06. The number of rotatable bonds is 3. The van der Waals surface area contributed by atoms with E-state index in [0.717, 1.165) is 22.4 Å². The molecule has 24 heavy (non-hydrogen) atoms. The van der Waals surface area contributed by atoms with Crippen LogP contribution in [0.4, 0.5) is 11.5 Å². The Hall–Kier alpha value is -2.99. The minimum atomic E-state index is 0.325. The number of aryl methyl sites for hydroxylation is 1. The second kappa shape index (κ2) is 5.90. The van der Waals surface area contributed by atoms with E-state index < -0.39 is 0 Å². The van der Waals surface area contributed by atoms with Gasteiger partial charge in [0.1, 0.15) is 17.3 Å². The number of benzene rings is 1. The summed E-state index contributed by atoms with van der Waals surface area (Å²) in [4.78, 5) is 8.70. The SMILES string of the molecule is Cc1ccc(Nc2ccc3c(c2)ncn3-c2cc[c]c(Cl)n2)nn1. The molecule has 1 N–H and O–H groups in total. The van der Waals surface area contributed by atoms with Crippen molar-refractivity contribution in [2.24, 2.45) is 0 Å². The van der Waals surface area contributed by atoms with E-state index in [2.05, 4.69) is 31.5 Å². The minimum absolute atomic E-state index is 0.325. The predicted octanol–water partition coefficient (Wildman–Crippen LogP) is 3.72. The zero-order chi connectivity index (χ0) is 16.5. The van der Waals surface area contributed by atoms with Crippen molar-refractivity contribution in [2.75, 3.05) is 5.32 Å². The van der Waals surface area contributed by atoms with Crippen LogP contribution in [-0.2, 0) is 0 Å². The van der Waals surface area contributed by atoms with Crippen molar-refractivity contribution < 1.29 is 0 Å². The van der Waals surface area contributed by atoms with Crippen LogP contribution >= 0.6 is 11.6 Å². The molecule has 4 aromatic rings. The molecule has 3 heterocycles. The van der Waals surface area contributed by atoms with Crippen molar-refractivity contribution in [1.29, 1.82) is 0 Å². The molecule has 4 rings (SSSR count). The topological polar surface area (TPSA) is 68.5 Å². The van der Waals surface area contributed by atoms with Gasteiger partial charge in [-0.3, -0.25) is 4.57 Å². The van der Waals surface area contributed by atoms with Crippen LogP contribution in [0.5, 0.6) is 0 Å². The molecule has 0 spiro atoms. The number of hydrogen-bond donors (Lipinski definition) is 1. The molecule has 117 valence electrons. The molecule has 7 heteroatoms. The van der Waals surface area contributed by atoms with E-state index in [1.807, 2.05) is 47.9 Å². The number of aromatic nitrogens is 5. The molecular weight excluding hydrogens is 324 g/mol. The summed E-state index contributed by atoms with van der Waals surface area (Å²) in [6.07, 6.45) is 1.72. The second-order valence-electron chi connectivity index (χ2n) is 5.24. The van der Waals surface area contributed by atoms with Crippen LogP contribution in [-0.4, -0.2) is 24.7 Å². The Kier molecular flexibility index (Phi) is 3.59. The summed E-state index contributed by atoms with van der Waals surface area (Å²) >= 11 is 5.92. The van der Waals surface area contributed by atoms with Crippen molar-refractivity contribution in [1.82, 2.24) is 24.7 Å². The van der Waals surface area contributed by atoms with Gasteiger partial charge >= 0.3 is 0 Å². The molecule has 0 aliphatic heterocycles. The highest BCUT2D eigenvalue weighted by molar-refractivity contribution is 6.29. The molecule has 0 fully saturated rings. The van der Waals surface area contributed by atoms with Crippen molar-refractivity contribution in [3.05, 3.63) is 65.7 Å². The van der Waals surface area contributed by atoms with Crippen LogP contribution < -0.4 is 5.32 Å². The summed E-state index contributed by atoms with van der Waals surface area (Å²) in [5, 5.41) is 11.7. The number of halogens is 1. The van der Waals surface area contributed by atoms with Crippen molar-refractivity contribution >= 4 is 34.1 Å². The average Bonchev–Trinajstić information content (AvgIpc) is 3.00. The zero-order valence-electron chi connectivity index (χ0n) is 12.7. The normalized spacial score (nSPS) is 10.9. The third kappa shape index (κ3) is 2.79. The van der Waals surface area contributed by atoms with E-state index in [1.165, 1.54) is 0 Å². The maximum absolute atomic E-state index is 5.92. The highest BCUT2D eigenvalue weighted by Crippen LogP contribution is 2.23. The van der Waals surface area contributed by atoms with Gasteiger partial charge in [-0.25, -0.2) is 9.97 Å². The van der Waals surface area contributed by atoms with Gasteiger partial charge in [0.15, 0.2) is 5.82 Å². The number of anilines is 2. The van der Waals surface area contributed by atoms with Crippen LogP contribution in [0.25, 0.3) is 16.9 Å². The third-order valence-electron chi connectivity index (χ3n) is 3.51. The van der Waals surface area contributed by atoms with Gasteiger partial charge in [-0.15, -0.1) is 5.10 Å². The fourth-order valence-electron chi connectivity index (χ4n) is 2.38. The van der Waals surface area contributed by atoms with Gasteiger partial charge < -0.3 is 5.32 Å². The van der Waals surface area contributed by atoms with Gasteiger partial charge in [0.25, 0.3) is 0 Å². The second-order valence-corrected chi connectivity index (χ2v) is 5.60. The first-order chi connectivity index (χ1) is 11.7. The number of nitrogens with zero attached hydrogens (tertiary/aromatic N) is 5. The number of imidazole rings is 1.